The van der Waals surface area contributed by atoms with Crippen molar-refractivity contribution < 1.29 is 9.53 Å². The van der Waals surface area contributed by atoms with Crippen LogP contribution in [-0.4, -0.2) is 26.8 Å². The zero-order valence-corrected chi connectivity index (χ0v) is 19.5. The van der Waals surface area contributed by atoms with Crippen LogP contribution in [0.3, 0.4) is 0 Å². The quantitative estimate of drug-likeness (QED) is 0.242. The maximum Gasteiger partial charge on any atom is 0.236 e. The maximum absolute atomic E-state index is 12.3. The lowest BCUT2D eigenvalue weighted by Crippen LogP contribution is -2.13. The molecule has 5 aromatic rings. The third kappa shape index (κ3) is 5.67. The van der Waals surface area contributed by atoms with Crippen molar-refractivity contribution in [3.05, 3.63) is 78.9 Å². The Bertz CT molecular complexity index is 1340. The lowest BCUT2D eigenvalue weighted by Gasteiger charge is -2.06. The van der Waals surface area contributed by atoms with Crippen molar-refractivity contribution >= 4 is 66.5 Å². The Balaban J connectivity index is 1.12. The largest absolute Gasteiger partial charge is 0.457 e. The second-order valence-electron chi connectivity index (χ2n) is 6.76. The molecule has 164 valence electrons. The normalized spacial score (nSPS) is 10.8. The number of hydrogen-bond acceptors (Lipinski definition) is 9. The van der Waals surface area contributed by atoms with E-state index in [0.29, 0.717) is 14.6 Å². The van der Waals surface area contributed by atoms with Crippen LogP contribution in [-0.2, 0) is 4.79 Å². The number of carbonyl (C=O) groups excluding carboxylic acids is 1. The zero-order valence-electron chi connectivity index (χ0n) is 17.1. The molecule has 0 saturated heterocycles. The SMILES string of the molecule is O=C(CSc1nnc(Nc2ccc(Oc3ccccc3)cc2)s1)Nc1nc2ccccc2s1. The summed E-state index contributed by atoms with van der Waals surface area (Å²) >= 11 is 4.19. The zero-order chi connectivity index (χ0) is 22.5. The lowest BCUT2D eigenvalue weighted by atomic mass is 10.3. The Kier molecular flexibility index (Phi) is 6.47. The number of ether oxygens (including phenoxy) is 1. The average molecular weight is 492 g/mol. The van der Waals surface area contributed by atoms with Crippen molar-refractivity contribution in [2.24, 2.45) is 0 Å². The number of fused-ring (bicyclic) bond motifs is 1. The number of nitrogens with one attached hydrogen (secondary N) is 2. The first-order chi connectivity index (χ1) is 16.2. The van der Waals surface area contributed by atoms with Gasteiger partial charge in [0.25, 0.3) is 0 Å². The summed E-state index contributed by atoms with van der Waals surface area (Å²) < 4.78 is 7.55. The van der Waals surface area contributed by atoms with Crippen molar-refractivity contribution in [3.8, 4) is 11.5 Å². The summed E-state index contributed by atoms with van der Waals surface area (Å²) in [5, 5.41) is 15.6. The van der Waals surface area contributed by atoms with Gasteiger partial charge in [0.15, 0.2) is 9.47 Å². The van der Waals surface area contributed by atoms with Crippen molar-refractivity contribution in [3.63, 3.8) is 0 Å². The molecule has 0 saturated carbocycles. The second kappa shape index (κ2) is 9.99. The van der Waals surface area contributed by atoms with Gasteiger partial charge in [-0.3, -0.25) is 4.79 Å². The highest BCUT2D eigenvalue weighted by molar-refractivity contribution is 8.01. The van der Waals surface area contributed by atoms with E-state index in [1.54, 1.807) is 0 Å². The van der Waals surface area contributed by atoms with Crippen LogP contribution in [0.15, 0.2) is 83.2 Å². The predicted octanol–water partition coefficient (Wildman–Crippen LogP) is 6.41. The molecule has 0 atom stereocenters. The lowest BCUT2D eigenvalue weighted by molar-refractivity contribution is -0.113. The van der Waals surface area contributed by atoms with Gasteiger partial charge in [0.1, 0.15) is 11.5 Å². The molecule has 0 radical (unpaired) electrons. The van der Waals surface area contributed by atoms with Crippen LogP contribution in [0, 0.1) is 0 Å². The van der Waals surface area contributed by atoms with E-state index < -0.39 is 0 Å². The van der Waals surface area contributed by atoms with Crippen molar-refractivity contribution in [1.82, 2.24) is 15.2 Å². The summed E-state index contributed by atoms with van der Waals surface area (Å²) in [6, 6.07) is 25.0. The number of para-hydroxylation sites is 2. The van der Waals surface area contributed by atoms with Gasteiger partial charge in [-0.15, -0.1) is 10.2 Å². The van der Waals surface area contributed by atoms with E-state index in [0.717, 1.165) is 27.4 Å². The molecule has 7 nitrogen and oxygen atoms in total. The highest BCUT2D eigenvalue weighted by atomic mass is 32.2. The number of hydrogen-bond donors (Lipinski definition) is 2. The van der Waals surface area contributed by atoms with E-state index >= 15 is 0 Å². The molecular weight excluding hydrogens is 474 g/mol. The first-order valence-corrected chi connectivity index (χ1v) is 12.5. The highest BCUT2D eigenvalue weighted by Gasteiger charge is 2.11. The van der Waals surface area contributed by atoms with Gasteiger partial charge in [-0.2, -0.15) is 0 Å². The molecule has 33 heavy (non-hydrogen) atoms. The fraction of sp³-hybridized carbons (Fsp3) is 0.0435. The molecule has 3 aromatic carbocycles. The first kappa shape index (κ1) is 21.4. The van der Waals surface area contributed by atoms with E-state index in [9.17, 15) is 4.79 Å². The highest BCUT2D eigenvalue weighted by Crippen LogP contribution is 2.30. The van der Waals surface area contributed by atoms with Gasteiger partial charge >= 0.3 is 0 Å². The topological polar surface area (TPSA) is 89.0 Å². The summed E-state index contributed by atoms with van der Waals surface area (Å²) in [7, 11) is 0. The van der Waals surface area contributed by atoms with Crippen LogP contribution in [0.1, 0.15) is 0 Å². The van der Waals surface area contributed by atoms with Crippen molar-refractivity contribution in [1.29, 1.82) is 0 Å². The fourth-order valence-corrected chi connectivity index (χ4v) is 5.34. The van der Waals surface area contributed by atoms with Gasteiger partial charge < -0.3 is 15.4 Å². The van der Waals surface area contributed by atoms with E-state index in [-0.39, 0.29) is 11.7 Å². The van der Waals surface area contributed by atoms with Crippen molar-refractivity contribution in [2.75, 3.05) is 16.4 Å². The Hall–Kier alpha value is -3.47. The molecule has 0 unspecified atom stereocenters. The van der Waals surface area contributed by atoms with Gasteiger partial charge in [0.05, 0.1) is 16.0 Å². The van der Waals surface area contributed by atoms with E-state index in [1.807, 2.05) is 78.9 Å². The van der Waals surface area contributed by atoms with Gasteiger partial charge in [-0.25, -0.2) is 4.98 Å². The third-order valence-corrected chi connectivity index (χ3v) is 7.28. The Labute approximate surface area is 201 Å². The first-order valence-electron chi connectivity index (χ1n) is 9.93. The molecule has 2 N–H and O–H groups in total. The molecule has 2 aromatic heterocycles. The maximum atomic E-state index is 12.3. The number of anilines is 3. The number of aromatic nitrogens is 3. The number of thioether (sulfide) groups is 1. The summed E-state index contributed by atoms with van der Waals surface area (Å²) in [4.78, 5) is 16.7. The molecule has 0 fully saturated rings. The summed E-state index contributed by atoms with van der Waals surface area (Å²) in [6.07, 6.45) is 0. The van der Waals surface area contributed by atoms with Crippen LogP contribution in [0.5, 0.6) is 11.5 Å². The van der Waals surface area contributed by atoms with Crippen LogP contribution in [0.4, 0.5) is 16.0 Å². The Morgan fingerprint density at radius 1 is 0.848 bits per heavy atom. The fourth-order valence-electron chi connectivity index (χ4n) is 2.88. The molecule has 5 rings (SSSR count). The molecule has 1 amide bonds. The van der Waals surface area contributed by atoms with Gasteiger partial charge in [-0.05, 0) is 48.5 Å². The minimum absolute atomic E-state index is 0.127. The number of thiazole rings is 1. The van der Waals surface area contributed by atoms with Crippen LogP contribution < -0.4 is 15.4 Å². The number of benzene rings is 3. The molecule has 2 heterocycles. The summed E-state index contributed by atoms with van der Waals surface area (Å²) in [5.41, 5.74) is 1.75. The van der Waals surface area contributed by atoms with Gasteiger partial charge in [0, 0.05) is 5.69 Å². The second-order valence-corrected chi connectivity index (χ2v) is 9.99. The number of amides is 1. The Morgan fingerprint density at radius 3 is 2.42 bits per heavy atom. The van der Waals surface area contributed by atoms with Gasteiger partial charge in [-0.1, -0.05) is 64.8 Å². The predicted molar refractivity (Wildman–Crippen MR) is 135 cm³/mol. The standard InChI is InChI=1S/C23H17N5O2S3/c29-20(26-21-25-18-8-4-5-9-19(18)32-21)14-31-23-28-27-22(33-23)24-15-10-12-17(13-11-15)30-16-6-2-1-3-7-16/h1-13H,14H2,(H,24,27)(H,25,26,29). The van der Waals surface area contributed by atoms with E-state index in [4.69, 9.17) is 4.74 Å². The molecule has 0 spiro atoms. The number of nitrogens with zero attached hydrogens (tertiary/aromatic N) is 3. The monoisotopic (exact) mass is 491 g/mol. The summed E-state index contributed by atoms with van der Waals surface area (Å²) in [6.45, 7) is 0. The molecule has 0 aliphatic carbocycles. The van der Waals surface area contributed by atoms with Gasteiger partial charge in [0.2, 0.25) is 11.0 Å². The van der Waals surface area contributed by atoms with Crippen LogP contribution >= 0.6 is 34.4 Å². The molecular formula is C23H17N5O2S3. The minimum atomic E-state index is -0.127. The average Bonchev–Trinajstić information content (AvgIpc) is 3.46. The molecule has 0 aliphatic heterocycles. The van der Waals surface area contributed by atoms with Crippen LogP contribution in [0.25, 0.3) is 10.2 Å². The molecule has 10 heteroatoms. The Morgan fingerprint density at radius 2 is 1.61 bits per heavy atom. The van der Waals surface area contributed by atoms with E-state index in [1.165, 1.54) is 34.4 Å². The van der Waals surface area contributed by atoms with E-state index in [2.05, 4.69) is 25.8 Å². The third-order valence-electron chi connectivity index (χ3n) is 4.36. The van der Waals surface area contributed by atoms with Crippen LogP contribution in [0.2, 0.25) is 0 Å². The van der Waals surface area contributed by atoms with Crippen molar-refractivity contribution in [2.45, 2.75) is 4.34 Å². The molecule has 0 bridgehead atoms. The smallest absolute Gasteiger partial charge is 0.236 e. The number of carbonyl (C=O) groups is 1. The number of rotatable bonds is 8. The summed E-state index contributed by atoms with van der Waals surface area (Å²) in [5.74, 6) is 1.64. The minimum Gasteiger partial charge on any atom is -0.457 e. The molecule has 0 aliphatic rings.